The number of thiophene rings is 1. The van der Waals surface area contributed by atoms with Crippen molar-refractivity contribution < 1.29 is 13.2 Å². The summed E-state index contributed by atoms with van der Waals surface area (Å²) in [5.74, 6) is 0.0188. The summed E-state index contributed by atoms with van der Waals surface area (Å²) >= 11 is 1.64. The van der Waals surface area contributed by atoms with Crippen LogP contribution in [-0.4, -0.2) is 38.4 Å². The number of hydrogen-bond acceptors (Lipinski definition) is 5. The monoisotopic (exact) mass is 440 g/mol. The van der Waals surface area contributed by atoms with E-state index in [1.54, 1.807) is 16.2 Å². The Balaban J connectivity index is 1.56. The quantitative estimate of drug-likeness (QED) is 0.609. The van der Waals surface area contributed by atoms with Gasteiger partial charge in [-0.1, -0.05) is 54.6 Å². The van der Waals surface area contributed by atoms with E-state index in [-0.39, 0.29) is 36.0 Å². The van der Waals surface area contributed by atoms with Gasteiger partial charge in [0.05, 0.1) is 30.1 Å². The molecule has 0 bridgehead atoms. The summed E-state index contributed by atoms with van der Waals surface area (Å²) in [5, 5.41) is 5.42. The zero-order chi connectivity index (χ0) is 21.0. The van der Waals surface area contributed by atoms with Crippen molar-refractivity contribution >= 4 is 32.8 Å². The standard InChI is InChI=1S/C23H24N2O3S2/c26-22(16-24-23(21-12-7-14-29-21)18-8-3-1-4-9-18)25(19-10-5-2-6-11-19)20-13-15-30(27,28)17-20/h1-12,14,20,23-24H,13,15-17H2/t20-,23+/m0/s1. The van der Waals surface area contributed by atoms with Crippen LogP contribution in [0.2, 0.25) is 0 Å². The fourth-order valence-electron chi connectivity index (χ4n) is 3.88. The molecule has 0 radical (unpaired) electrons. The van der Waals surface area contributed by atoms with Gasteiger partial charge in [-0.2, -0.15) is 0 Å². The third-order valence-electron chi connectivity index (χ3n) is 5.29. The Kier molecular flexibility index (Phi) is 6.32. The molecule has 3 aromatic rings. The van der Waals surface area contributed by atoms with Gasteiger partial charge in [0.15, 0.2) is 9.84 Å². The van der Waals surface area contributed by atoms with Crippen LogP contribution in [0.15, 0.2) is 78.2 Å². The van der Waals surface area contributed by atoms with Gasteiger partial charge in [0.25, 0.3) is 0 Å². The van der Waals surface area contributed by atoms with E-state index < -0.39 is 9.84 Å². The first-order valence-electron chi connectivity index (χ1n) is 9.93. The molecular formula is C23H24N2O3S2. The average molecular weight is 441 g/mol. The van der Waals surface area contributed by atoms with Gasteiger partial charge in [-0.3, -0.25) is 10.1 Å². The lowest BCUT2D eigenvalue weighted by molar-refractivity contribution is -0.118. The third kappa shape index (κ3) is 4.80. The molecule has 7 heteroatoms. The molecule has 2 heterocycles. The molecule has 5 nitrogen and oxygen atoms in total. The van der Waals surface area contributed by atoms with Crippen LogP contribution in [0.4, 0.5) is 5.69 Å². The second kappa shape index (κ2) is 9.12. The number of hydrogen-bond donors (Lipinski definition) is 1. The Bertz CT molecular complexity index is 1070. The van der Waals surface area contributed by atoms with Crippen LogP contribution in [0.25, 0.3) is 0 Å². The molecule has 2 aromatic carbocycles. The number of sulfone groups is 1. The normalized spacial score (nSPS) is 18.7. The second-order valence-electron chi connectivity index (χ2n) is 7.40. The Morgan fingerprint density at radius 2 is 1.73 bits per heavy atom. The molecule has 1 saturated heterocycles. The van der Waals surface area contributed by atoms with Crippen molar-refractivity contribution in [3.63, 3.8) is 0 Å². The third-order valence-corrected chi connectivity index (χ3v) is 7.98. The minimum Gasteiger partial charge on any atom is -0.307 e. The fraction of sp³-hybridized carbons (Fsp3) is 0.261. The number of carbonyl (C=O) groups is 1. The van der Waals surface area contributed by atoms with Crippen LogP contribution < -0.4 is 10.2 Å². The molecule has 1 aromatic heterocycles. The van der Waals surface area contributed by atoms with Crippen molar-refractivity contribution in [3.05, 3.63) is 88.6 Å². The number of nitrogens with zero attached hydrogens (tertiary/aromatic N) is 1. The van der Waals surface area contributed by atoms with Gasteiger partial charge < -0.3 is 4.90 Å². The first-order valence-corrected chi connectivity index (χ1v) is 12.6. The highest BCUT2D eigenvalue weighted by Crippen LogP contribution is 2.27. The molecule has 1 aliphatic heterocycles. The number of rotatable bonds is 7. The lowest BCUT2D eigenvalue weighted by Gasteiger charge is -2.29. The number of nitrogens with one attached hydrogen (secondary N) is 1. The van der Waals surface area contributed by atoms with Crippen LogP contribution in [0.1, 0.15) is 22.9 Å². The first kappa shape index (κ1) is 20.8. The molecule has 0 aliphatic carbocycles. The Morgan fingerprint density at radius 1 is 1.03 bits per heavy atom. The molecule has 156 valence electrons. The SMILES string of the molecule is O=C(CN[C@H](c1ccccc1)c1cccs1)N(c1ccccc1)[C@H]1CCS(=O)(=O)C1. The van der Waals surface area contributed by atoms with Gasteiger partial charge in [0.2, 0.25) is 5.91 Å². The van der Waals surface area contributed by atoms with E-state index in [4.69, 9.17) is 0 Å². The summed E-state index contributed by atoms with van der Waals surface area (Å²) in [7, 11) is -3.10. The molecule has 0 unspecified atom stereocenters. The predicted molar refractivity (Wildman–Crippen MR) is 122 cm³/mol. The molecule has 0 saturated carbocycles. The van der Waals surface area contributed by atoms with Gasteiger partial charge in [0.1, 0.15) is 0 Å². The van der Waals surface area contributed by atoms with Crippen molar-refractivity contribution in [2.45, 2.75) is 18.5 Å². The van der Waals surface area contributed by atoms with Gasteiger partial charge in [-0.05, 0) is 35.6 Å². The Labute approximate surface area is 181 Å². The van der Waals surface area contributed by atoms with Crippen molar-refractivity contribution in [2.75, 3.05) is 23.0 Å². The average Bonchev–Trinajstić information content (AvgIpc) is 3.40. The maximum atomic E-state index is 13.3. The highest BCUT2D eigenvalue weighted by molar-refractivity contribution is 7.91. The number of anilines is 1. The maximum absolute atomic E-state index is 13.3. The van der Waals surface area contributed by atoms with Crippen molar-refractivity contribution in [3.8, 4) is 0 Å². The van der Waals surface area contributed by atoms with Gasteiger partial charge in [0, 0.05) is 10.6 Å². The van der Waals surface area contributed by atoms with E-state index in [1.165, 1.54) is 0 Å². The molecule has 30 heavy (non-hydrogen) atoms. The predicted octanol–water partition coefficient (Wildman–Crippen LogP) is 3.65. The zero-order valence-electron chi connectivity index (χ0n) is 16.5. The maximum Gasteiger partial charge on any atom is 0.241 e. The summed E-state index contributed by atoms with van der Waals surface area (Å²) in [6, 6.07) is 23.0. The highest BCUT2D eigenvalue weighted by atomic mass is 32.2. The van der Waals surface area contributed by atoms with Gasteiger partial charge >= 0.3 is 0 Å². The summed E-state index contributed by atoms with van der Waals surface area (Å²) in [4.78, 5) is 16.1. The van der Waals surface area contributed by atoms with Crippen LogP contribution in [0.5, 0.6) is 0 Å². The van der Waals surface area contributed by atoms with Crippen LogP contribution >= 0.6 is 11.3 Å². The molecule has 2 atom stereocenters. The van der Waals surface area contributed by atoms with E-state index in [0.29, 0.717) is 6.42 Å². The topological polar surface area (TPSA) is 66.5 Å². The fourth-order valence-corrected chi connectivity index (χ4v) is 6.41. The number of para-hydroxylation sites is 1. The number of benzene rings is 2. The van der Waals surface area contributed by atoms with E-state index >= 15 is 0 Å². The van der Waals surface area contributed by atoms with E-state index in [0.717, 1.165) is 16.1 Å². The molecule has 4 rings (SSSR count). The zero-order valence-corrected chi connectivity index (χ0v) is 18.1. The molecule has 1 fully saturated rings. The van der Waals surface area contributed by atoms with Gasteiger partial charge in [-0.15, -0.1) is 11.3 Å². The minimum atomic E-state index is -3.10. The van der Waals surface area contributed by atoms with Crippen LogP contribution in [0, 0.1) is 0 Å². The lowest BCUT2D eigenvalue weighted by Crippen LogP contribution is -2.46. The molecule has 0 spiro atoms. The Morgan fingerprint density at radius 3 is 2.33 bits per heavy atom. The molecule has 1 aliphatic rings. The lowest BCUT2D eigenvalue weighted by atomic mass is 10.1. The van der Waals surface area contributed by atoms with E-state index in [1.807, 2.05) is 72.1 Å². The smallest absolute Gasteiger partial charge is 0.241 e. The summed E-state index contributed by atoms with van der Waals surface area (Å²) in [6.45, 7) is 0.114. The van der Waals surface area contributed by atoms with Crippen molar-refractivity contribution in [2.24, 2.45) is 0 Å². The van der Waals surface area contributed by atoms with Crippen molar-refractivity contribution in [1.82, 2.24) is 5.32 Å². The summed E-state index contributed by atoms with van der Waals surface area (Å²) < 4.78 is 24.1. The molecule has 1 N–H and O–H groups in total. The summed E-state index contributed by atoms with van der Waals surface area (Å²) in [5.41, 5.74) is 1.82. The highest BCUT2D eigenvalue weighted by Gasteiger charge is 2.35. The van der Waals surface area contributed by atoms with E-state index in [9.17, 15) is 13.2 Å². The summed E-state index contributed by atoms with van der Waals surface area (Å²) in [6.07, 6.45) is 0.468. The van der Waals surface area contributed by atoms with Crippen molar-refractivity contribution in [1.29, 1.82) is 0 Å². The second-order valence-corrected chi connectivity index (χ2v) is 10.6. The van der Waals surface area contributed by atoms with E-state index in [2.05, 4.69) is 11.4 Å². The number of carbonyl (C=O) groups excluding carboxylic acids is 1. The van der Waals surface area contributed by atoms with Crippen LogP contribution in [0.3, 0.4) is 0 Å². The molecular weight excluding hydrogens is 416 g/mol. The van der Waals surface area contributed by atoms with Gasteiger partial charge in [-0.25, -0.2) is 8.42 Å². The Hall–Kier alpha value is -2.48. The van der Waals surface area contributed by atoms with Crippen LogP contribution in [-0.2, 0) is 14.6 Å². The molecule has 1 amide bonds. The number of amides is 1. The first-order chi connectivity index (χ1) is 14.5. The largest absolute Gasteiger partial charge is 0.307 e. The minimum absolute atomic E-state index is 0.0146.